The monoisotopic (exact) mass is 924 g/mol. The van der Waals surface area contributed by atoms with Gasteiger partial charge in [0.15, 0.2) is 6.29 Å². The van der Waals surface area contributed by atoms with Gasteiger partial charge in [-0.2, -0.15) is 8.42 Å². The fourth-order valence-electron chi connectivity index (χ4n) is 8.64. The van der Waals surface area contributed by atoms with Gasteiger partial charge in [0.05, 0.1) is 25.4 Å². The van der Waals surface area contributed by atoms with Crippen molar-refractivity contribution in [2.24, 2.45) is 0 Å². The normalized spacial score (nSPS) is 20.8. The molecule has 376 valence electrons. The van der Waals surface area contributed by atoms with E-state index in [-0.39, 0.29) is 6.42 Å². The van der Waals surface area contributed by atoms with E-state index in [1.165, 1.54) is 167 Å². The van der Waals surface area contributed by atoms with Gasteiger partial charge >= 0.3 is 10.4 Å². The average Bonchev–Trinajstić information content (AvgIpc) is 3.25. The first kappa shape index (κ1) is 60.1. The molecular weight excluding hydrogens is 827 g/mol. The number of amides is 1. The molecule has 0 spiro atoms. The van der Waals surface area contributed by atoms with Crippen molar-refractivity contribution < 1.29 is 57.0 Å². The quantitative estimate of drug-likeness (QED) is 0.0225. The summed E-state index contributed by atoms with van der Waals surface area (Å²) in [4.78, 5) is 13.2. The van der Waals surface area contributed by atoms with Crippen LogP contribution in [0.4, 0.5) is 0 Å². The van der Waals surface area contributed by atoms with Crippen LogP contribution >= 0.6 is 0 Å². The third-order valence-electron chi connectivity index (χ3n) is 12.8. The fraction of sp³-hybridized carbons (Fsp3) is 0.980. The predicted molar refractivity (Wildman–Crippen MR) is 252 cm³/mol. The smallest absolute Gasteiger partial charge is 0.394 e. The number of hydrogen-bond acceptors (Lipinski definition) is 11. The molecule has 63 heavy (non-hydrogen) atoms. The molecule has 8 atom stereocenters. The lowest BCUT2D eigenvalue weighted by molar-refractivity contribution is -0.298. The van der Waals surface area contributed by atoms with E-state index in [4.69, 9.17) is 9.47 Å². The molecule has 0 radical (unpaired) electrons. The van der Waals surface area contributed by atoms with Crippen molar-refractivity contribution >= 4 is 16.3 Å². The van der Waals surface area contributed by atoms with Gasteiger partial charge < -0.3 is 40.3 Å². The Kier molecular flexibility index (Phi) is 38.3. The Hall–Kier alpha value is -0.940. The Labute approximate surface area is 384 Å². The lowest BCUT2D eigenvalue weighted by atomic mass is 9.99. The molecule has 1 aliphatic heterocycles. The van der Waals surface area contributed by atoms with Gasteiger partial charge in [-0.05, 0) is 12.8 Å². The number of aliphatic hydroxyl groups excluding tert-OH is 5. The predicted octanol–water partition coefficient (Wildman–Crippen LogP) is 9.92. The molecule has 1 aliphatic rings. The van der Waals surface area contributed by atoms with E-state index >= 15 is 0 Å². The molecule has 1 amide bonds. The summed E-state index contributed by atoms with van der Waals surface area (Å²) in [6.07, 6.45) is 31.5. The highest BCUT2D eigenvalue weighted by molar-refractivity contribution is 7.80. The van der Waals surface area contributed by atoms with Crippen molar-refractivity contribution in [2.75, 3.05) is 13.2 Å². The summed E-state index contributed by atoms with van der Waals surface area (Å²) in [5.41, 5.74) is 0. The number of carbonyl (C=O) groups excluding carboxylic acids is 1. The Balaban J connectivity index is 2.41. The number of hydrogen-bond donors (Lipinski definition) is 7. The lowest BCUT2D eigenvalue weighted by Gasteiger charge is -2.41. The van der Waals surface area contributed by atoms with Crippen LogP contribution in [0.1, 0.15) is 245 Å². The van der Waals surface area contributed by atoms with Gasteiger partial charge in [-0.3, -0.25) is 9.35 Å². The fourth-order valence-corrected chi connectivity index (χ4v) is 9.15. The van der Waals surface area contributed by atoms with Gasteiger partial charge in [-0.1, -0.05) is 232 Å². The number of rotatable bonds is 45. The molecule has 0 bridgehead atoms. The van der Waals surface area contributed by atoms with Crippen molar-refractivity contribution in [1.82, 2.24) is 5.32 Å². The molecule has 0 aromatic rings. The first-order valence-electron chi connectivity index (χ1n) is 26.0. The molecule has 1 fully saturated rings. The minimum Gasteiger partial charge on any atom is -0.394 e. The molecular formula is C49H97NO12S. The Bertz CT molecular complexity index is 1150. The highest BCUT2D eigenvalue weighted by Crippen LogP contribution is 2.26. The second-order valence-corrected chi connectivity index (χ2v) is 19.7. The molecule has 0 aromatic carbocycles. The Morgan fingerprint density at radius 1 is 0.571 bits per heavy atom. The van der Waals surface area contributed by atoms with Crippen molar-refractivity contribution in [2.45, 2.75) is 294 Å². The summed E-state index contributed by atoms with van der Waals surface area (Å²) in [5, 5.41) is 55.5. The number of ether oxygens (including phenoxy) is 2. The lowest BCUT2D eigenvalue weighted by Crippen LogP contribution is -2.61. The largest absolute Gasteiger partial charge is 0.397 e. The molecule has 8 unspecified atom stereocenters. The van der Waals surface area contributed by atoms with Crippen LogP contribution < -0.4 is 5.32 Å². The van der Waals surface area contributed by atoms with Crippen LogP contribution in [-0.4, -0.2) is 107 Å². The molecule has 0 aromatic heterocycles. The zero-order chi connectivity index (χ0) is 46.4. The highest BCUT2D eigenvalue weighted by atomic mass is 32.3. The van der Waals surface area contributed by atoms with E-state index in [1.807, 2.05) is 0 Å². The van der Waals surface area contributed by atoms with E-state index in [2.05, 4.69) is 23.3 Å². The molecule has 1 heterocycles. The second kappa shape index (κ2) is 40.2. The maximum absolute atomic E-state index is 13.2. The van der Waals surface area contributed by atoms with Gasteiger partial charge in [0, 0.05) is 0 Å². The van der Waals surface area contributed by atoms with Crippen LogP contribution in [0.5, 0.6) is 0 Å². The van der Waals surface area contributed by atoms with Gasteiger partial charge in [-0.15, -0.1) is 0 Å². The number of nitrogens with one attached hydrogen (secondary N) is 1. The molecule has 14 heteroatoms. The average molecular weight is 924 g/mol. The second-order valence-electron chi connectivity index (χ2n) is 18.6. The zero-order valence-electron chi connectivity index (χ0n) is 40.0. The molecule has 0 aliphatic carbocycles. The van der Waals surface area contributed by atoms with E-state index in [0.717, 1.165) is 38.5 Å². The maximum Gasteiger partial charge on any atom is 0.397 e. The van der Waals surface area contributed by atoms with E-state index < -0.39 is 78.5 Å². The number of aliphatic hydroxyl groups is 5. The van der Waals surface area contributed by atoms with E-state index in [9.17, 15) is 43.3 Å². The van der Waals surface area contributed by atoms with Gasteiger partial charge in [0.25, 0.3) is 0 Å². The van der Waals surface area contributed by atoms with Crippen LogP contribution in [0.3, 0.4) is 0 Å². The van der Waals surface area contributed by atoms with E-state index in [1.54, 1.807) is 0 Å². The summed E-state index contributed by atoms with van der Waals surface area (Å²) in [6, 6.07) is -1.03. The van der Waals surface area contributed by atoms with Crippen LogP contribution in [0, 0.1) is 0 Å². The standard InChI is InChI=1S/C49H97NO12S/c1-3-5-7-9-11-13-15-17-18-19-20-21-22-23-24-25-26-28-30-32-34-36-38-43(53)48(56)50-41(42(52)37-35-33-31-29-27-16-14-12-10-8-6-4-2)40-60-49-46(55)47(62-63(57,58)59)45(54)44(39-51)61-49/h41-47,49,51-55H,3-40H2,1-2H3,(H,50,56)(H,57,58,59). The molecule has 1 saturated heterocycles. The van der Waals surface area contributed by atoms with Crippen LogP contribution in [0.15, 0.2) is 0 Å². The minimum absolute atomic E-state index is 0.266. The third kappa shape index (κ3) is 32.4. The minimum atomic E-state index is -5.11. The van der Waals surface area contributed by atoms with Gasteiger partial charge in [0.1, 0.15) is 30.5 Å². The van der Waals surface area contributed by atoms with Crippen LogP contribution in [0.25, 0.3) is 0 Å². The Morgan fingerprint density at radius 3 is 1.27 bits per heavy atom. The summed E-state index contributed by atoms with van der Waals surface area (Å²) < 4.78 is 47.6. The van der Waals surface area contributed by atoms with Crippen molar-refractivity contribution in [3.63, 3.8) is 0 Å². The summed E-state index contributed by atoms with van der Waals surface area (Å²) >= 11 is 0. The molecule has 1 rings (SSSR count). The molecule has 7 N–H and O–H groups in total. The van der Waals surface area contributed by atoms with Crippen molar-refractivity contribution in [3.8, 4) is 0 Å². The summed E-state index contributed by atoms with van der Waals surface area (Å²) in [7, 11) is -5.11. The number of carbonyl (C=O) groups is 1. The van der Waals surface area contributed by atoms with Gasteiger partial charge in [0.2, 0.25) is 5.91 Å². The number of unbranched alkanes of at least 4 members (excludes halogenated alkanes) is 32. The van der Waals surface area contributed by atoms with Crippen LogP contribution in [-0.2, 0) is 28.9 Å². The van der Waals surface area contributed by atoms with Crippen molar-refractivity contribution in [1.29, 1.82) is 0 Å². The highest BCUT2D eigenvalue weighted by Gasteiger charge is 2.48. The topological polar surface area (TPSA) is 212 Å². The molecule has 0 saturated carbocycles. The van der Waals surface area contributed by atoms with Crippen LogP contribution in [0.2, 0.25) is 0 Å². The first-order chi connectivity index (χ1) is 30.4. The molecule has 13 nitrogen and oxygen atoms in total. The maximum atomic E-state index is 13.2. The SMILES string of the molecule is CCCCCCCCCCCCCCCCCCCCCCCCC(O)C(=O)NC(COC1OC(CO)C(O)C(OS(=O)(=O)O)C1O)C(O)CCCCCCCCCCCCCC. The summed E-state index contributed by atoms with van der Waals surface area (Å²) in [5.74, 6) is -0.665. The zero-order valence-corrected chi connectivity index (χ0v) is 40.8. The van der Waals surface area contributed by atoms with Crippen molar-refractivity contribution in [3.05, 3.63) is 0 Å². The first-order valence-corrected chi connectivity index (χ1v) is 27.4. The summed E-state index contributed by atoms with van der Waals surface area (Å²) in [6.45, 7) is 3.30. The third-order valence-corrected chi connectivity index (χ3v) is 13.2. The van der Waals surface area contributed by atoms with Gasteiger partial charge in [-0.25, -0.2) is 4.18 Å². The van der Waals surface area contributed by atoms with E-state index in [0.29, 0.717) is 19.3 Å². The Morgan fingerprint density at radius 2 is 0.921 bits per heavy atom.